The van der Waals surface area contributed by atoms with E-state index >= 15 is 0 Å². The molecular weight excluding hydrogens is 316 g/mol. The summed E-state index contributed by atoms with van der Waals surface area (Å²) in [5.41, 5.74) is 2.75. The molecule has 0 unspecified atom stereocenters. The van der Waals surface area contributed by atoms with Gasteiger partial charge in [0.15, 0.2) is 0 Å². The van der Waals surface area contributed by atoms with E-state index in [1.54, 1.807) is 11.0 Å². The van der Waals surface area contributed by atoms with Crippen LogP contribution in [0, 0.1) is 6.92 Å². The minimum absolute atomic E-state index is 0.117. The van der Waals surface area contributed by atoms with Gasteiger partial charge in [-0.3, -0.25) is 4.79 Å². The number of nitrogens with zero attached hydrogens (tertiary/aromatic N) is 1. The molecule has 2 aromatic rings. The number of carbonyl (C=O) groups excluding carboxylic acids is 1. The van der Waals surface area contributed by atoms with Gasteiger partial charge in [-0.2, -0.15) is 0 Å². The van der Waals surface area contributed by atoms with E-state index in [2.05, 4.69) is 31.2 Å². The number of nitrogens with one attached hydrogen (secondary N) is 1. The Hall–Kier alpha value is -1.36. The summed E-state index contributed by atoms with van der Waals surface area (Å²) < 4.78 is 0.673. The largest absolute Gasteiger partial charge is 0.328 e. The molecule has 0 bridgehead atoms. The Morgan fingerprint density at radius 2 is 1.95 bits per heavy atom. The molecule has 0 atom stereocenters. The number of hydrogen-bond acceptors (Lipinski definition) is 2. The first-order chi connectivity index (χ1) is 10.6. The number of benzene rings is 1. The molecule has 1 aromatic carbocycles. The van der Waals surface area contributed by atoms with Gasteiger partial charge in [-0.25, -0.2) is 0 Å². The molecule has 0 spiro atoms. The van der Waals surface area contributed by atoms with Gasteiger partial charge in [0, 0.05) is 5.56 Å². The van der Waals surface area contributed by atoms with Gasteiger partial charge >= 0.3 is 0 Å². The molecule has 116 valence electrons. The first kappa shape index (κ1) is 15.5. The molecule has 1 N–H and O–H groups in total. The highest BCUT2D eigenvalue weighted by atomic mass is 35.5. The molecule has 3 nitrogen and oxygen atoms in total. The Bertz CT molecular complexity index is 662. The van der Waals surface area contributed by atoms with Crippen molar-refractivity contribution in [3.05, 3.63) is 56.7 Å². The lowest BCUT2D eigenvalue weighted by atomic mass is 10.1. The van der Waals surface area contributed by atoms with E-state index < -0.39 is 0 Å². The summed E-state index contributed by atoms with van der Waals surface area (Å²) in [6.07, 6.45) is 0. The average Bonchev–Trinajstić information content (AvgIpc) is 2.96. The van der Waals surface area contributed by atoms with Crippen molar-refractivity contribution in [1.82, 2.24) is 4.90 Å². The number of thiophene rings is 1. The molecule has 22 heavy (non-hydrogen) atoms. The molecule has 1 amide bonds. The van der Waals surface area contributed by atoms with Crippen LogP contribution >= 0.6 is 22.9 Å². The lowest BCUT2D eigenvalue weighted by molar-refractivity contribution is -0.917. The molecule has 3 rings (SSSR count). The summed E-state index contributed by atoms with van der Waals surface area (Å²) in [5.74, 6) is 0.117. The molecule has 1 aromatic heterocycles. The van der Waals surface area contributed by atoms with E-state index in [1.807, 2.05) is 11.0 Å². The number of aryl methyl sites for hydroxylation is 1. The highest BCUT2D eigenvalue weighted by molar-refractivity contribution is 7.17. The molecule has 0 radical (unpaired) electrons. The van der Waals surface area contributed by atoms with Crippen LogP contribution in [0.25, 0.3) is 0 Å². The van der Waals surface area contributed by atoms with Crippen LogP contribution in [0.3, 0.4) is 0 Å². The number of piperazine rings is 1. The zero-order valence-corrected chi connectivity index (χ0v) is 14.2. The third-order valence-corrected chi connectivity index (χ3v) is 5.46. The number of halogens is 1. The predicted molar refractivity (Wildman–Crippen MR) is 90.8 cm³/mol. The topological polar surface area (TPSA) is 24.8 Å². The number of carbonyl (C=O) groups is 1. The molecule has 2 heterocycles. The number of quaternary nitrogens is 1. The first-order valence-electron chi connectivity index (χ1n) is 7.56. The molecular formula is C17H20ClN2OS+. The van der Waals surface area contributed by atoms with E-state index in [0.29, 0.717) is 4.34 Å². The van der Waals surface area contributed by atoms with Gasteiger partial charge in [-0.05, 0) is 24.6 Å². The second-order valence-electron chi connectivity index (χ2n) is 5.75. The number of hydrogen-bond donors (Lipinski definition) is 1. The van der Waals surface area contributed by atoms with Crippen molar-refractivity contribution in [2.24, 2.45) is 0 Å². The zero-order chi connectivity index (χ0) is 15.5. The summed E-state index contributed by atoms with van der Waals surface area (Å²) in [5, 5.41) is 0. The fourth-order valence-corrected chi connectivity index (χ4v) is 3.88. The van der Waals surface area contributed by atoms with Gasteiger partial charge in [-0.15, -0.1) is 11.3 Å². The fourth-order valence-electron chi connectivity index (χ4n) is 2.87. The van der Waals surface area contributed by atoms with Crippen LogP contribution in [0.2, 0.25) is 4.34 Å². The van der Waals surface area contributed by atoms with Gasteiger partial charge in [0.2, 0.25) is 0 Å². The minimum atomic E-state index is 0.117. The third kappa shape index (κ3) is 3.51. The molecule has 0 saturated carbocycles. The normalized spacial score (nSPS) is 16.0. The second-order valence-corrected chi connectivity index (χ2v) is 7.46. The van der Waals surface area contributed by atoms with E-state index in [-0.39, 0.29) is 5.91 Å². The fraction of sp³-hybridized carbons (Fsp3) is 0.353. The summed E-state index contributed by atoms with van der Waals surface area (Å²) in [6, 6.07) is 12.2. The van der Waals surface area contributed by atoms with Crippen molar-refractivity contribution in [2.45, 2.75) is 13.5 Å². The summed E-state index contributed by atoms with van der Waals surface area (Å²) >= 11 is 7.28. The van der Waals surface area contributed by atoms with Gasteiger partial charge in [0.1, 0.15) is 6.54 Å². The molecule has 1 aliphatic heterocycles. The highest BCUT2D eigenvalue weighted by Gasteiger charge is 2.25. The first-order valence-corrected chi connectivity index (χ1v) is 8.75. The lowest BCUT2D eigenvalue weighted by Gasteiger charge is -2.32. The van der Waals surface area contributed by atoms with E-state index in [4.69, 9.17) is 11.6 Å². The van der Waals surface area contributed by atoms with Gasteiger partial charge in [0.05, 0.1) is 35.4 Å². The van der Waals surface area contributed by atoms with Crippen molar-refractivity contribution in [3.63, 3.8) is 0 Å². The van der Waals surface area contributed by atoms with Crippen LogP contribution in [0.1, 0.15) is 20.8 Å². The standard InChI is InChI=1S/C17H19ClN2OS/c1-13-4-2-3-5-14(13)12-19-8-10-20(11-9-19)17(21)15-6-7-16(18)22-15/h2-7H,8-12H2,1H3/p+1. The molecule has 5 heteroatoms. The van der Waals surface area contributed by atoms with Crippen LogP contribution in [-0.2, 0) is 6.54 Å². The lowest BCUT2D eigenvalue weighted by Crippen LogP contribution is -3.13. The SMILES string of the molecule is Cc1ccccc1C[NH+]1CCN(C(=O)c2ccc(Cl)s2)CC1. The molecule has 0 aliphatic carbocycles. The Morgan fingerprint density at radius 3 is 2.59 bits per heavy atom. The monoisotopic (exact) mass is 335 g/mol. The van der Waals surface area contributed by atoms with Crippen molar-refractivity contribution < 1.29 is 9.69 Å². The zero-order valence-electron chi connectivity index (χ0n) is 12.6. The van der Waals surface area contributed by atoms with Gasteiger partial charge < -0.3 is 9.80 Å². The third-order valence-electron chi connectivity index (χ3n) is 4.24. The molecule has 1 saturated heterocycles. The number of rotatable bonds is 3. The van der Waals surface area contributed by atoms with Crippen LogP contribution in [-0.4, -0.2) is 37.0 Å². The predicted octanol–water partition coefficient (Wildman–Crippen LogP) is 2.25. The molecule has 1 fully saturated rings. The van der Waals surface area contributed by atoms with Gasteiger partial charge in [-0.1, -0.05) is 35.9 Å². The Balaban J connectivity index is 1.56. The smallest absolute Gasteiger partial charge is 0.264 e. The maximum Gasteiger partial charge on any atom is 0.264 e. The Morgan fingerprint density at radius 1 is 1.23 bits per heavy atom. The second kappa shape index (κ2) is 6.82. The quantitative estimate of drug-likeness (QED) is 0.914. The van der Waals surface area contributed by atoms with Gasteiger partial charge in [0.25, 0.3) is 5.91 Å². The van der Waals surface area contributed by atoms with E-state index in [1.165, 1.54) is 22.5 Å². The summed E-state index contributed by atoms with van der Waals surface area (Å²) in [6.45, 7) is 6.83. The maximum absolute atomic E-state index is 12.4. The van der Waals surface area contributed by atoms with Crippen LogP contribution < -0.4 is 4.90 Å². The van der Waals surface area contributed by atoms with Crippen molar-refractivity contribution in [3.8, 4) is 0 Å². The van der Waals surface area contributed by atoms with Crippen molar-refractivity contribution in [1.29, 1.82) is 0 Å². The summed E-state index contributed by atoms with van der Waals surface area (Å²) in [4.78, 5) is 16.6. The van der Waals surface area contributed by atoms with E-state index in [0.717, 1.165) is 37.6 Å². The molecule has 1 aliphatic rings. The highest BCUT2D eigenvalue weighted by Crippen LogP contribution is 2.22. The van der Waals surface area contributed by atoms with Crippen molar-refractivity contribution >= 4 is 28.8 Å². The van der Waals surface area contributed by atoms with Crippen LogP contribution in [0.4, 0.5) is 0 Å². The maximum atomic E-state index is 12.4. The Labute approximate surface area is 140 Å². The summed E-state index contributed by atoms with van der Waals surface area (Å²) in [7, 11) is 0. The van der Waals surface area contributed by atoms with Crippen LogP contribution in [0.5, 0.6) is 0 Å². The number of amides is 1. The van der Waals surface area contributed by atoms with Crippen molar-refractivity contribution in [2.75, 3.05) is 26.2 Å². The Kier molecular flexibility index (Phi) is 4.81. The average molecular weight is 336 g/mol. The minimum Gasteiger partial charge on any atom is -0.328 e. The van der Waals surface area contributed by atoms with E-state index in [9.17, 15) is 4.79 Å². The van der Waals surface area contributed by atoms with Crippen LogP contribution in [0.15, 0.2) is 36.4 Å².